The third kappa shape index (κ3) is 2.54. The number of benzene rings is 1. The molecule has 1 unspecified atom stereocenters. The van der Waals surface area contributed by atoms with E-state index in [0.29, 0.717) is 5.41 Å². The molecule has 2 aliphatic carbocycles. The van der Waals surface area contributed by atoms with Crippen LogP contribution in [0.15, 0.2) is 18.2 Å². The van der Waals surface area contributed by atoms with E-state index < -0.39 is 0 Å². The molecule has 1 aromatic carbocycles. The van der Waals surface area contributed by atoms with Crippen LogP contribution < -0.4 is 0 Å². The van der Waals surface area contributed by atoms with Gasteiger partial charge in [0.05, 0.1) is 0 Å². The average molecular weight is 270 g/mol. The molecule has 0 nitrogen and oxygen atoms in total. The number of unbranched alkanes of at least 4 members (excludes halogenated alkanes) is 2. The molecule has 1 saturated carbocycles. The van der Waals surface area contributed by atoms with Crippen LogP contribution in [0.1, 0.15) is 87.8 Å². The molecule has 0 aliphatic heterocycles. The topological polar surface area (TPSA) is 0 Å². The highest BCUT2D eigenvalue weighted by Crippen LogP contribution is 2.55. The number of aryl methyl sites for hydroxylation is 1. The van der Waals surface area contributed by atoms with Crippen LogP contribution in [0.3, 0.4) is 0 Å². The zero-order valence-corrected chi connectivity index (χ0v) is 13.4. The predicted molar refractivity (Wildman–Crippen MR) is 87.3 cm³/mol. The van der Waals surface area contributed by atoms with Gasteiger partial charge in [-0.2, -0.15) is 0 Å². The van der Waals surface area contributed by atoms with Gasteiger partial charge in [-0.1, -0.05) is 64.2 Å². The van der Waals surface area contributed by atoms with E-state index >= 15 is 0 Å². The molecule has 1 fully saturated rings. The molecule has 0 radical (unpaired) electrons. The molecule has 1 spiro atoms. The summed E-state index contributed by atoms with van der Waals surface area (Å²) in [5, 5.41) is 0. The number of fused-ring (bicyclic) bond motifs is 1. The van der Waals surface area contributed by atoms with Gasteiger partial charge in [0.2, 0.25) is 0 Å². The molecule has 110 valence electrons. The standard InChI is InChI=1S/C20H30/c1-3-4-6-9-17-10-11-18-15-20(12-7-5-8-13-20)16(2)19(18)14-17/h10-11,14,16H,3-9,12-13,15H2,1-2H3. The van der Waals surface area contributed by atoms with Crippen molar-refractivity contribution in [3.63, 3.8) is 0 Å². The molecule has 0 N–H and O–H groups in total. The second-order valence-electron chi connectivity index (χ2n) is 7.31. The highest BCUT2D eigenvalue weighted by molar-refractivity contribution is 5.41. The predicted octanol–water partition coefficient (Wildman–Crippen LogP) is 6.03. The Morgan fingerprint density at radius 1 is 1.10 bits per heavy atom. The number of rotatable bonds is 4. The van der Waals surface area contributed by atoms with Crippen LogP contribution in [-0.4, -0.2) is 0 Å². The van der Waals surface area contributed by atoms with E-state index in [0.717, 1.165) is 5.92 Å². The summed E-state index contributed by atoms with van der Waals surface area (Å²) in [6.45, 7) is 4.80. The molecule has 0 aromatic heterocycles. The van der Waals surface area contributed by atoms with Crippen LogP contribution in [0, 0.1) is 5.41 Å². The fraction of sp³-hybridized carbons (Fsp3) is 0.700. The minimum absolute atomic E-state index is 0.628. The average Bonchev–Trinajstić information content (AvgIpc) is 2.73. The summed E-state index contributed by atoms with van der Waals surface area (Å²) in [6.07, 6.45) is 14.0. The van der Waals surface area contributed by atoms with E-state index in [9.17, 15) is 0 Å². The van der Waals surface area contributed by atoms with Crippen molar-refractivity contribution in [3.05, 3.63) is 34.9 Å². The van der Waals surface area contributed by atoms with Crippen LogP contribution in [-0.2, 0) is 12.8 Å². The minimum Gasteiger partial charge on any atom is -0.0654 e. The monoisotopic (exact) mass is 270 g/mol. The van der Waals surface area contributed by atoms with Crippen LogP contribution in [0.4, 0.5) is 0 Å². The van der Waals surface area contributed by atoms with E-state index in [1.807, 2.05) is 0 Å². The number of hydrogen-bond donors (Lipinski definition) is 0. The maximum Gasteiger partial charge on any atom is -0.0128 e. The largest absolute Gasteiger partial charge is 0.0654 e. The molecule has 2 aliphatic rings. The van der Waals surface area contributed by atoms with E-state index in [-0.39, 0.29) is 0 Å². The van der Waals surface area contributed by atoms with Gasteiger partial charge in [0.1, 0.15) is 0 Å². The Hall–Kier alpha value is -0.780. The summed E-state index contributed by atoms with van der Waals surface area (Å²) < 4.78 is 0. The van der Waals surface area contributed by atoms with Crippen molar-refractivity contribution in [2.45, 2.75) is 84.0 Å². The lowest BCUT2D eigenvalue weighted by atomic mass is 9.67. The first kappa shape index (κ1) is 14.2. The van der Waals surface area contributed by atoms with Gasteiger partial charge in [-0.05, 0) is 60.1 Å². The summed E-state index contributed by atoms with van der Waals surface area (Å²) in [7, 11) is 0. The van der Waals surface area contributed by atoms with E-state index in [1.54, 1.807) is 16.7 Å². The first-order valence-corrected chi connectivity index (χ1v) is 8.87. The Morgan fingerprint density at radius 2 is 1.90 bits per heavy atom. The maximum atomic E-state index is 2.55. The lowest BCUT2D eigenvalue weighted by Gasteiger charge is -2.37. The molecule has 0 heterocycles. The smallest absolute Gasteiger partial charge is 0.0128 e. The molecule has 0 amide bonds. The van der Waals surface area contributed by atoms with Gasteiger partial charge in [-0.25, -0.2) is 0 Å². The third-order valence-corrected chi connectivity index (χ3v) is 6.06. The van der Waals surface area contributed by atoms with E-state index in [2.05, 4.69) is 32.0 Å². The molecule has 3 rings (SSSR count). The third-order valence-electron chi connectivity index (χ3n) is 6.06. The molecule has 0 heteroatoms. The van der Waals surface area contributed by atoms with Gasteiger partial charge < -0.3 is 0 Å². The highest BCUT2D eigenvalue weighted by Gasteiger charge is 2.43. The number of hydrogen-bond acceptors (Lipinski definition) is 0. The molecule has 20 heavy (non-hydrogen) atoms. The van der Waals surface area contributed by atoms with Gasteiger partial charge in [0.25, 0.3) is 0 Å². The first-order valence-electron chi connectivity index (χ1n) is 8.87. The van der Waals surface area contributed by atoms with Crippen LogP contribution in [0.25, 0.3) is 0 Å². The van der Waals surface area contributed by atoms with Crippen LogP contribution in [0.2, 0.25) is 0 Å². The van der Waals surface area contributed by atoms with Gasteiger partial charge in [-0.3, -0.25) is 0 Å². The Balaban J connectivity index is 1.77. The zero-order chi connectivity index (χ0) is 14.0. The van der Waals surface area contributed by atoms with Gasteiger partial charge in [0.15, 0.2) is 0 Å². The summed E-state index contributed by atoms with van der Waals surface area (Å²) in [5.41, 5.74) is 5.57. The van der Waals surface area contributed by atoms with Gasteiger partial charge >= 0.3 is 0 Å². The molecule has 0 saturated heterocycles. The van der Waals surface area contributed by atoms with Crippen molar-refractivity contribution in [1.29, 1.82) is 0 Å². The Morgan fingerprint density at radius 3 is 2.65 bits per heavy atom. The fourth-order valence-corrected chi connectivity index (χ4v) is 4.67. The summed E-state index contributed by atoms with van der Waals surface area (Å²) >= 11 is 0. The SMILES string of the molecule is CCCCCc1ccc2c(c1)C(C)C1(CCCCC1)C2. The van der Waals surface area contributed by atoms with E-state index in [1.165, 1.54) is 64.2 Å². The van der Waals surface area contributed by atoms with Gasteiger partial charge in [-0.15, -0.1) is 0 Å². The molecule has 1 atom stereocenters. The van der Waals surface area contributed by atoms with Crippen molar-refractivity contribution in [2.24, 2.45) is 5.41 Å². The maximum absolute atomic E-state index is 2.55. The van der Waals surface area contributed by atoms with Crippen molar-refractivity contribution < 1.29 is 0 Å². The van der Waals surface area contributed by atoms with E-state index in [4.69, 9.17) is 0 Å². The fourth-order valence-electron chi connectivity index (χ4n) is 4.67. The molecule has 0 bridgehead atoms. The van der Waals surface area contributed by atoms with Crippen molar-refractivity contribution in [2.75, 3.05) is 0 Å². The van der Waals surface area contributed by atoms with Crippen molar-refractivity contribution >= 4 is 0 Å². The van der Waals surface area contributed by atoms with Crippen LogP contribution >= 0.6 is 0 Å². The normalized spacial score (nSPS) is 24.0. The molecular weight excluding hydrogens is 240 g/mol. The Kier molecular flexibility index (Phi) is 4.19. The molecular formula is C20H30. The second kappa shape index (κ2) is 5.92. The Labute approximate surface area is 125 Å². The Bertz CT molecular complexity index is 451. The summed E-state index contributed by atoms with van der Waals surface area (Å²) in [6, 6.07) is 7.42. The quantitative estimate of drug-likeness (QED) is 0.586. The zero-order valence-electron chi connectivity index (χ0n) is 13.4. The highest BCUT2D eigenvalue weighted by atomic mass is 14.5. The lowest BCUT2D eigenvalue weighted by Crippen LogP contribution is -2.27. The summed E-state index contributed by atoms with van der Waals surface area (Å²) in [4.78, 5) is 0. The molecule has 1 aromatic rings. The second-order valence-corrected chi connectivity index (χ2v) is 7.31. The van der Waals surface area contributed by atoms with Gasteiger partial charge in [0, 0.05) is 0 Å². The van der Waals surface area contributed by atoms with Crippen molar-refractivity contribution in [1.82, 2.24) is 0 Å². The minimum atomic E-state index is 0.628. The van der Waals surface area contributed by atoms with Crippen LogP contribution in [0.5, 0.6) is 0 Å². The van der Waals surface area contributed by atoms with Crippen molar-refractivity contribution in [3.8, 4) is 0 Å². The summed E-state index contributed by atoms with van der Waals surface area (Å²) in [5.74, 6) is 0.795. The lowest BCUT2D eigenvalue weighted by molar-refractivity contribution is 0.168. The first-order chi connectivity index (χ1) is 9.75.